The Labute approximate surface area is 97.3 Å². The van der Waals surface area contributed by atoms with E-state index >= 15 is 0 Å². The second-order valence-electron chi connectivity index (χ2n) is 5.20. The van der Waals surface area contributed by atoms with E-state index in [-0.39, 0.29) is 0 Å². The van der Waals surface area contributed by atoms with E-state index < -0.39 is 0 Å². The molecule has 1 aliphatic carbocycles. The number of hydrogen-bond acceptors (Lipinski definition) is 2. The molecular formula is C13H21N3. The second-order valence-corrected chi connectivity index (χ2v) is 5.20. The van der Waals surface area contributed by atoms with Crippen molar-refractivity contribution in [3.63, 3.8) is 0 Å². The van der Waals surface area contributed by atoms with Crippen LogP contribution in [-0.2, 0) is 19.5 Å². The molecule has 0 bridgehead atoms. The molecule has 1 aromatic rings. The van der Waals surface area contributed by atoms with Gasteiger partial charge in [-0.3, -0.25) is 0 Å². The Balaban J connectivity index is 1.63. The third kappa shape index (κ3) is 2.01. The maximum Gasteiger partial charge on any atom is 0.0952 e. The normalized spacial score (nSPS) is 21.2. The van der Waals surface area contributed by atoms with Crippen molar-refractivity contribution in [3.05, 3.63) is 17.7 Å². The van der Waals surface area contributed by atoms with Crippen LogP contribution in [0, 0.1) is 5.92 Å². The fourth-order valence-corrected chi connectivity index (χ4v) is 3.11. The Kier molecular flexibility index (Phi) is 2.96. The summed E-state index contributed by atoms with van der Waals surface area (Å²) in [6, 6.07) is 0. The van der Waals surface area contributed by atoms with Crippen molar-refractivity contribution in [1.82, 2.24) is 14.9 Å². The van der Waals surface area contributed by atoms with Crippen LogP contribution in [0.25, 0.3) is 0 Å². The first-order chi connectivity index (χ1) is 7.93. The highest BCUT2D eigenvalue weighted by Gasteiger charge is 2.17. The molecule has 2 heterocycles. The quantitative estimate of drug-likeness (QED) is 0.844. The smallest absolute Gasteiger partial charge is 0.0952 e. The van der Waals surface area contributed by atoms with Crippen molar-refractivity contribution in [3.8, 4) is 0 Å². The van der Waals surface area contributed by atoms with Crippen LogP contribution in [0.5, 0.6) is 0 Å². The van der Waals surface area contributed by atoms with Gasteiger partial charge in [0.2, 0.25) is 0 Å². The predicted molar refractivity (Wildman–Crippen MR) is 64.2 cm³/mol. The van der Waals surface area contributed by atoms with E-state index in [1.165, 1.54) is 50.0 Å². The minimum atomic E-state index is 0.964. The molecule has 0 amide bonds. The molecule has 0 radical (unpaired) electrons. The van der Waals surface area contributed by atoms with Gasteiger partial charge in [0.25, 0.3) is 0 Å². The number of fused-ring (bicyclic) bond motifs is 1. The van der Waals surface area contributed by atoms with Crippen molar-refractivity contribution < 1.29 is 0 Å². The summed E-state index contributed by atoms with van der Waals surface area (Å²) in [7, 11) is 0. The van der Waals surface area contributed by atoms with Crippen molar-refractivity contribution >= 4 is 0 Å². The van der Waals surface area contributed by atoms with Crippen LogP contribution in [-0.4, -0.2) is 16.1 Å². The summed E-state index contributed by atoms with van der Waals surface area (Å²) < 4.78 is 2.40. The molecule has 0 atom stereocenters. The lowest BCUT2D eigenvalue weighted by Gasteiger charge is -2.16. The standard InChI is InChI=1S/C13H21N3/c1-2-4-11(3-1)6-8-16-10-15-12-9-14-7-5-13(12)16/h10-11,14H,1-9H2. The van der Waals surface area contributed by atoms with E-state index in [4.69, 9.17) is 0 Å². The highest BCUT2D eigenvalue weighted by atomic mass is 15.1. The minimum absolute atomic E-state index is 0.964. The van der Waals surface area contributed by atoms with Crippen molar-refractivity contribution in [2.24, 2.45) is 5.92 Å². The molecule has 3 heteroatoms. The Bertz CT molecular complexity index is 350. The zero-order valence-electron chi connectivity index (χ0n) is 9.91. The van der Waals surface area contributed by atoms with Crippen molar-refractivity contribution in [1.29, 1.82) is 0 Å². The van der Waals surface area contributed by atoms with E-state index in [0.29, 0.717) is 0 Å². The molecule has 0 unspecified atom stereocenters. The number of nitrogens with zero attached hydrogens (tertiary/aromatic N) is 2. The molecule has 1 aliphatic heterocycles. The number of nitrogens with one attached hydrogen (secondary N) is 1. The van der Waals surface area contributed by atoms with Crippen LogP contribution in [0.3, 0.4) is 0 Å². The van der Waals surface area contributed by atoms with Crippen LogP contribution in [0.4, 0.5) is 0 Å². The van der Waals surface area contributed by atoms with Crippen molar-refractivity contribution in [2.45, 2.75) is 51.6 Å². The van der Waals surface area contributed by atoms with E-state index in [1.54, 1.807) is 0 Å². The predicted octanol–water partition coefficient (Wildman–Crippen LogP) is 2.11. The first-order valence-electron chi connectivity index (χ1n) is 6.67. The fraction of sp³-hybridized carbons (Fsp3) is 0.769. The van der Waals surface area contributed by atoms with Gasteiger partial charge >= 0.3 is 0 Å². The maximum atomic E-state index is 4.50. The lowest BCUT2D eigenvalue weighted by Crippen LogP contribution is -2.25. The zero-order valence-corrected chi connectivity index (χ0v) is 9.91. The lowest BCUT2D eigenvalue weighted by molar-refractivity contribution is 0.449. The summed E-state index contributed by atoms with van der Waals surface area (Å²) >= 11 is 0. The van der Waals surface area contributed by atoms with Gasteiger partial charge < -0.3 is 9.88 Å². The van der Waals surface area contributed by atoms with E-state index in [0.717, 1.165) is 25.4 Å². The Morgan fingerprint density at radius 2 is 2.25 bits per heavy atom. The number of imidazole rings is 1. The molecule has 3 rings (SSSR count). The summed E-state index contributed by atoms with van der Waals surface area (Å²) in [6.07, 6.45) is 10.4. The summed E-state index contributed by atoms with van der Waals surface area (Å²) in [5.41, 5.74) is 2.76. The third-order valence-corrected chi connectivity index (χ3v) is 4.12. The summed E-state index contributed by atoms with van der Waals surface area (Å²) in [5.74, 6) is 0.986. The number of hydrogen-bond donors (Lipinski definition) is 1. The van der Waals surface area contributed by atoms with Crippen LogP contribution < -0.4 is 5.32 Å². The summed E-state index contributed by atoms with van der Waals surface area (Å²) in [5, 5.41) is 3.38. The van der Waals surface area contributed by atoms with Gasteiger partial charge in [-0.05, 0) is 12.3 Å². The zero-order chi connectivity index (χ0) is 10.8. The van der Waals surface area contributed by atoms with Crippen LogP contribution >= 0.6 is 0 Å². The van der Waals surface area contributed by atoms with E-state index in [2.05, 4.69) is 14.9 Å². The molecular weight excluding hydrogens is 198 g/mol. The summed E-state index contributed by atoms with van der Waals surface area (Å²) in [4.78, 5) is 4.50. The van der Waals surface area contributed by atoms with Crippen LogP contribution in [0.1, 0.15) is 43.5 Å². The first kappa shape index (κ1) is 10.3. The van der Waals surface area contributed by atoms with Gasteiger partial charge in [0.05, 0.1) is 12.0 Å². The Morgan fingerprint density at radius 3 is 3.12 bits per heavy atom. The van der Waals surface area contributed by atoms with Gasteiger partial charge in [0.15, 0.2) is 0 Å². The SMILES string of the molecule is c1nc2c(n1CCC1CCCC1)CCNC2. The number of aromatic nitrogens is 2. The highest BCUT2D eigenvalue weighted by molar-refractivity contribution is 5.16. The third-order valence-electron chi connectivity index (χ3n) is 4.12. The molecule has 1 saturated carbocycles. The molecule has 1 fully saturated rings. The summed E-state index contributed by atoms with van der Waals surface area (Å²) in [6.45, 7) is 3.26. The van der Waals surface area contributed by atoms with Gasteiger partial charge in [-0.2, -0.15) is 0 Å². The molecule has 0 spiro atoms. The van der Waals surface area contributed by atoms with Gasteiger partial charge in [-0.1, -0.05) is 25.7 Å². The van der Waals surface area contributed by atoms with Crippen LogP contribution in [0.15, 0.2) is 6.33 Å². The molecule has 1 aromatic heterocycles. The fourth-order valence-electron chi connectivity index (χ4n) is 3.11. The largest absolute Gasteiger partial charge is 0.334 e. The first-order valence-corrected chi connectivity index (χ1v) is 6.67. The van der Waals surface area contributed by atoms with E-state index in [1.807, 2.05) is 6.33 Å². The second kappa shape index (κ2) is 4.58. The monoisotopic (exact) mass is 219 g/mol. The molecule has 1 N–H and O–H groups in total. The highest BCUT2D eigenvalue weighted by Crippen LogP contribution is 2.28. The number of rotatable bonds is 3. The molecule has 16 heavy (non-hydrogen) atoms. The lowest BCUT2D eigenvalue weighted by atomic mass is 10.0. The average molecular weight is 219 g/mol. The molecule has 0 saturated heterocycles. The Morgan fingerprint density at radius 1 is 1.38 bits per heavy atom. The molecule has 88 valence electrons. The van der Waals surface area contributed by atoms with Gasteiger partial charge in [0.1, 0.15) is 0 Å². The van der Waals surface area contributed by atoms with Gasteiger partial charge in [0, 0.05) is 31.7 Å². The van der Waals surface area contributed by atoms with Crippen LogP contribution in [0.2, 0.25) is 0 Å². The molecule has 3 nitrogen and oxygen atoms in total. The maximum absolute atomic E-state index is 4.50. The number of aryl methyl sites for hydroxylation is 1. The topological polar surface area (TPSA) is 29.9 Å². The van der Waals surface area contributed by atoms with Gasteiger partial charge in [-0.25, -0.2) is 4.98 Å². The minimum Gasteiger partial charge on any atom is -0.334 e. The van der Waals surface area contributed by atoms with Gasteiger partial charge in [-0.15, -0.1) is 0 Å². The van der Waals surface area contributed by atoms with Crippen molar-refractivity contribution in [2.75, 3.05) is 6.54 Å². The van der Waals surface area contributed by atoms with E-state index in [9.17, 15) is 0 Å². The molecule has 2 aliphatic rings. The molecule has 0 aromatic carbocycles. The average Bonchev–Trinajstić information content (AvgIpc) is 2.96. The Hall–Kier alpha value is -0.830.